The molecule has 0 radical (unpaired) electrons. The molecule has 1 aliphatic carbocycles. The van der Waals surface area contributed by atoms with Gasteiger partial charge < -0.3 is 16.0 Å². The van der Waals surface area contributed by atoms with Crippen molar-refractivity contribution in [3.8, 4) is 0 Å². The van der Waals surface area contributed by atoms with Crippen LogP contribution >= 0.6 is 0 Å². The molecule has 3 aliphatic rings. The molecule has 1 amide bonds. The summed E-state index contributed by atoms with van der Waals surface area (Å²) in [7, 11) is 0. The van der Waals surface area contributed by atoms with Crippen LogP contribution in [0.5, 0.6) is 0 Å². The predicted octanol–water partition coefficient (Wildman–Crippen LogP) is 0.319. The van der Waals surface area contributed by atoms with Gasteiger partial charge in [-0.15, -0.1) is 0 Å². The van der Waals surface area contributed by atoms with Crippen molar-refractivity contribution in [2.24, 2.45) is 16.6 Å². The van der Waals surface area contributed by atoms with E-state index in [1.165, 1.54) is 25.8 Å². The topological polar surface area (TPSA) is 77.2 Å². The fourth-order valence-electron chi connectivity index (χ4n) is 4.23. The molecule has 148 valence electrons. The van der Waals surface area contributed by atoms with Gasteiger partial charge in [0.25, 0.3) is 0 Å². The van der Waals surface area contributed by atoms with Gasteiger partial charge in [-0.3, -0.25) is 19.6 Å². The molecule has 1 atom stereocenters. The first-order chi connectivity index (χ1) is 12.7. The molecule has 7 nitrogen and oxygen atoms in total. The first-order valence-corrected chi connectivity index (χ1v) is 10.5. The van der Waals surface area contributed by atoms with Gasteiger partial charge in [-0.25, -0.2) is 0 Å². The largest absolute Gasteiger partial charge is 0.370 e. The minimum atomic E-state index is 0.322. The highest BCUT2D eigenvalue weighted by Gasteiger charge is 2.31. The van der Waals surface area contributed by atoms with Crippen LogP contribution in [0.3, 0.4) is 0 Å². The van der Waals surface area contributed by atoms with E-state index in [9.17, 15) is 4.79 Å². The Morgan fingerprint density at radius 2 is 1.88 bits per heavy atom. The molecular weight excluding hydrogens is 328 g/mol. The third-order valence-corrected chi connectivity index (χ3v) is 6.25. The van der Waals surface area contributed by atoms with Crippen molar-refractivity contribution in [2.45, 2.75) is 45.1 Å². The highest BCUT2D eigenvalue weighted by Crippen LogP contribution is 2.28. The summed E-state index contributed by atoms with van der Waals surface area (Å²) in [5.41, 5.74) is 6.02. The lowest BCUT2D eigenvalue weighted by Crippen LogP contribution is -2.52. The number of piperazine rings is 1. The lowest BCUT2D eigenvalue weighted by molar-refractivity contribution is -0.139. The normalized spacial score (nSPS) is 26.1. The van der Waals surface area contributed by atoms with E-state index >= 15 is 0 Å². The molecule has 0 spiro atoms. The van der Waals surface area contributed by atoms with Crippen LogP contribution in [0.15, 0.2) is 4.99 Å². The van der Waals surface area contributed by atoms with E-state index in [4.69, 9.17) is 5.73 Å². The Balaban J connectivity index is 1.29. The zero-order valence-corrected chi connectivity index (χ0v) is 16.3. The van der Waals surface area contributed by atoms with Crippen molar-refractivity contribution in [3.63, 3.8) is 0 Å². The van der Waals surface area contributed by atoms with Crippen molar-refractivity contribution >= 4 is 11.9 Å². The second-order valence-corrected chi connectivity index (χ2v) is 7.87. The second-order valence-electron chi connectivity index (χ2n) is 7.87. The average molecular weight is 365 g/mol. The summed E-state index contributed by atoms with van der Waals surface area (Å²) in [5, 5.41) is 3.24. The minimum Gasteiger partial charge on any atom is -0.370 e. The molecule has 0 aromatic rings. The van der Waals surface area contributed by atoms with Crippen molar-refractivity contribution < 1.29 is 4.79 Å². The molecule has 2 saturated heterocycles. The molecule has 26 heavy (non-hydrogen) atoms. The summed E-state index contributed by atoms with van der Waals surface area (Å²) >= 11 is 0. The number of nitrogens with zero attached hydrogens (tertiary/aromatic N) is 4. The standard InChI is InChI=1S/C19H36N6O/c1-2-24-9-4-7-17(24)15-22-19(20)21-8-10-23-11-13-25(14-12-23)18(26)16-5-3-6-16/h16-17H,2-15H2,1H3,(H3,20,21,22). The number of amides is 1. The minimum absolute atomic E-state index is 0.322. The quantitative estimate of drug-likeness (QED) is 0.503. The summed E-state index contributed by atoms with van der Waals surface area (Å²) < 4.78 is 0. The maximum Gasteiger partial charge on any atom is 0.225 e. The number of hydrogen-bond acceptors (Lipinski definition) is 4. The van der Waals surface area contributed by atoms with Crippen LogP contribution in [-0.4, -0.2) is 91.5 Å². The summed E-state index contributed by atoms with van der Waals surface area (Å²) in [6, 6.07) is 0.557. The SMILES string of the molecule is CCN1CCCC1CN=C(N)NCCN1CCN(C(=O)C2CCC2)CC1. The molecule has 2 heterocycles. The summed E-state index contributed by atoms with van der Waals surface area (Å²) in [6.07, 6.45) is 5.92. The van der Waals surface area contributed by atoms with Crippen molar-refractivity contribution in [3.05, 3.63) is 0 Å². The van der Waals surface area contributed by atoms with Crippen molar-refractivity contribution in [1.29, 1.82) is 0 Å². The van der Waals surface area contributed by atoms with Crippen LogP contribution in [0.4, 0.5) is 0 Å². The molecule has 3 rings (SSSR count). The summed E-state index contributed by atoms with van der Waals surface area (Å²) in [5.74, 6) is 1.27. The molecule has 3 fully saturated rings. The van der Waals surface area contributed by atoms with E-state index in [1.54, 1.807) is 0 Å². The van der Waals surface area contributed by atoms with E-state index in [0.717, 1.165) is 65.2 Å². The van der Waals surface area contributed by atoms with Gasteiger partial charge in [-0.1, -0.05) is 13.3 Å². The zero-order chi connectivity index (χ0) is 18.4. The van der Waals surface area contributed by atoms with Crippen LogP contribution in [0.2, 0.25) is 0 Å². The first-order valence-electron chi connectivity index (χ1n) is 10.5. The molecule has 0 aromatic heterocycles. The lowest BCUT2D eigenvalue weighted by atomic mass is 9.84. The Morgan fingerprint density at radius 1 is 1.12 bits per heavy atom. The number of carbonyl (C=O) groups excluding carboxylic acids is 1. The Kier molecular flexibility index (Phi) is 7.14. The van der Waals surface area contributed by atoms with Gasteiger partial charge in [0, 0.05) is 51.2 Å². The van der Waals surface area contributed by atoms with Crippen LogP contribution < -0.4 is 11.1 Å². The van der Waals surface area contributed by atoms with Crippen LogP contribution in [0, 0.1) is 5.92 Å². The van der Waals surface area contributed by atoms with Gasteiger partial charge in [0.1, 0.15) is 0 Å². The first kappa shape index (κ1) is 19.4. The van der Waals surface area contributed by atoms with Gasteiger partial charge in [0.15, 0.2) is 5.96 Å². The molecule has 0 aromatic carbocycles. The van der Waals surface area contributed by atoms with E-state index < -0.39 is 0 Å². The third kappa shape index (κ3) is 5.10. The van der Waals surface area contributed by atoms with Crippen LogP contribution in [0.1, 0.15) is 39.0 Å². The number of likely N-dealkylation sites (tertiary alicyclic amines) is 1. The number of hydrogen-bond donors (Lipinski definition) is 2. The highest BCUT2D eigenvalue weighted by molar-refractivity contribution is 5.79. The van der Waals surface area contributed by atoms with E-state index in [2.05, 4.69) is 31.9 Å². The Labute approximate surface area is 158 Å². The fraction of sp³-hybridized carbons (Fsp3) is 0.895. The number of nitrogens with two attached hydrogens (primary N) is 1. The number of likely N-dealkylation sites (N-methyl/N-ethyl adjacent to an activating group) is 1. The van der Waals surface area contributed by atoms with E-state index in [1.807, 2.05) is 0 Å². The highest BCUT2D eigenvalue weighted by atomic mass is 16.2. The third-order valence-electron chi connectivity index (χ3n) is 6.25. The molecular formula is C19H36N6O. The summed E-state index contributed by atoms with van der Waals surface area (Å²) in [6.45, 7) is 10.7. The lowest BCUT2D eigenvalue weighted by Gasteiger charge is -2.38. The smallest absolute Gasteiger partial charge is 0.225 e. The Hall–Kier alpha value is -1.34. The maximum absolute atomic E-state index is 12.3. The molecule has 2 aliphatic heterocycles. The Morgan fingerprint density at radius 3 is 2.54 bits per heavy atom. The number of aliphatic imine (C=N–C) groups is 1. The number of carbonyl (C=O) groups is 1. The molecule has 3 N–H and O–H groups in total. The summed E-state index contributed by atoms with van der Waals surface area (Å²) in [4.78, 5) is 23.8. The van der Waals surface area contributed by atoms with Crippen LogP contribution in [0.25, 0.3) is 0 Å². The molecule has 1 unspecified atom stereocenters. The second kappa shape index (κ2) is 9.55. The van der Waals surface area contributed by atoms with Gasteiger partial charge in [-0.2, -0.15) is 0 Å². The van der Waals surface area contributed by atoms with E-state index in [-0.39, 0.29) is 0 Å². The van der Waals surface area contributed by atoms with Gasteiger partial charge in [0.05, 0.1) is 6.54 Å². The maximum atomic E-state index is 12.3. The number of rotatable bonds is 7. The molecule has 1 saturated carbocycles. The van der Waals surface area contributed by atoms with E-state index in [0.29, 0.717) is 23.8 Å². The number of guanidine groups is 1. The molecule has 7 heteroatoms. The zero-order valence-electron chi connectivity index (χ0n) is 16.3. The van der Waals surface area contributed by atoms with Gasteiger partial charge in [0.2, 0.25) is 5.91 Å². The number of nitrogens with one attached hydrogen (secondary N) is 1. The molecule has 0 bridgehead atoms. The van der Waals surface area contributed by atoms with Crippen LogP contribution in [-0.2, 0) is 4.79 Å². The monoisotopic (exact) mass is 364 g/mol. The van der Waals surface area contributed by atoms with Gasteiger partial charge in [-0.05, 0) is 38.8 Å². The van der Waals surface area contributed by atoms with Crippen molar-refractivity contribution in [2.75, 3.05) is 58.9 Å². The van der Waals surface area contributed by atoms with Crippen molar-refractivity contribution in [1.82, 2.24) is 20.0 Å². The fourth-order valence-corrected chi connectivity index (χ4v) is 4.23. The van der Waals surface area contributed by atoms with Gasteiger partial charge >= 0.3 is 0 Å². The predicted molar refractivity (Wildman–Crippen MR) is 105 cm³/mol. The Bertz CT molecular complexity index is 484. The average Bonchev–Trinajstić information content (AvgIpc) is 3.06.